The second-order valence-electron chi connectivity index (χ2n) is 5.27. The average molecular weight is 243 g/mol. The fourth-order valence-corrected chi connectivity index (χ4v) is 3.92. The van der Waals surface area contributed by atoms with Crippen LogP contribution in [0.3, 0.4) is 0 Å². The van der Waals surface area contributed by atoms with E-state index in [1.807, 2.05) is 0 Å². The topological polar surface area (TPSA) is 12.0 Å². The van der Waals surface area contributed by atoms with Crippen LogP contribution in [0.2, 0.25) is 0 Å². The molecule has 3 atom stereocenters. The molecule has 1 aliphatic rings. The maximum absolute atomic E-state index is 3.71. The van der Waals surface area contributed by atoms with Crippen LogP contribution in [0.5, 0.6) is 0 Å². The lowest BCUT2D eigenvalue weighted by Crippen LogP contribution is -2.40. The van der Waals surface area contributed by atoms with E-state index in [2.05, 4.69) is 37.8 Å². The number of thioether (sulfide) groups is 1. The molecule has 0 aliphatic heterocycles. The van der Waals surface area contributed by atoms with Crippen molar-refractivity contribution in [3.05, 3.63) is 0 Å². The third-order valence-electron chi connectivity index (χ3n) is 3.66. The zero-order chi connectivity index (χ0) is 11.8. The molecule has 0 bridgehead atoms. The molecule has 0 saturated heterocycles. The molecule has 0 heterocycles. The second kappa shape index (κ2) is 8.41. The van der Waals surface area contributed by atoms with Gasteiger partial charge in [0.15, 0.2) is 0 Å². The highest BCUT2D eigenvalue weighted by Gasteiger charge is 2.25. The van der Waals surface area contributed by atoms with E-state index in [4.69, 9.17) is 0 Å². The van der Waals surface area contributed by atoms with E-state index < -0.39 is 0 Å². The first-order chi connectivity index (χ1) is 7.77. The number of nitrogens with one attached hydrogen (secondary N) is 1. The molecule has 1 N–H and O–H groups in total. The van der Waals surface area contributed by atoms with Gasteiger partial charge in [0.1, 0.15) is 0 Å². The van der Waals surface area contributed by atoms with Crippen LogP contribution < -0.4 is 5.32 Å². The monoisotopic (exact) mass is 243 g/mol. The fraction of sp³-hybridized carbons (Fsp3) is 1.00. The van der Waals surface area contributed by atoms with Gasteiger partial charge in [0.2, 0.25) is 0 Å². The second-order valence-corrected chi connectivity index (χ2v) is 6.42. The van der Waals surface area contributed by atoms with E-state index in [1.54, 1.807) is 0 Å². The summed E-state index contributed by atoms with van der Waals surface area (Å²) in [7, 11) is 0. The lowest BCUT2D eigenvalue weighted by Gasteiger charge is -2.33. The van der Waals surface area contributed by atoms with Gasteiger partial charge >= 0.3 is 0 Å². The lowest BCUT2D eigenvalue weighted by atomic mass is 9.79. The maximum Gasteiger partial charge on any atom is 0.0186 e. The number of hydrogen-bond donors (Lipinski definition) is 1. The van der Waals surface area contributed by atoms with Crippen LogP contribution in [0.1, 0.15) is 52.9 Å². The van der Waals surface area contributed by atoms with Gasteiger partial charge in [-0.15, -0.1) is 0 Å². The lowest BCUT2D eigenvalue weighted by molar-refractivity contribution is 0.235. The minimum Gasteiger partial charge on any atom is -0.313 e. The molecular weight excluding hydrogens is 214 g/mol. The number of rotatable bonds is 7. The van der Waals surface area contributed by atoms with E-state index in [1.165, 1.54) is 43.6 Å². The van der Waals surface area contributed by atoms with Crippen molar-refractivity contribution in [1.82, 2.24) is 5.32 Å². The largest absolute Gasteiger partial charge is 0.313 e. The van der Waals surface area contributed by atoms with Crippen molar-refractivity contribution in [2.75, 3.05) is 18.1 Å². The van der Waals surface area contributed by atoms with E-state index in [9.17, 15) is 0 Å². The standard InChI is InChI=1S/C14H29NS/c1-4-9-16-11-14(15-5-2)13-8-6-7-12(3)10-13/h12-15H,4-11H2,1-3H3. The van der Waals surface area contributed by atoms with E-state index in [-0.39, 0.29) is 0 Å². The van der Waals surface area contributed by atoms with Gasteiger partial charge < -0.3 is 5.32 Å². The Morgan fingerprint density at radius 2 is 2.12 bits per heavy atom. The Labute approximate surface area is 106 Å². The highest BCUT2D eigenvalue weighted by Crippen LogP contribution is 2.31. The minimum absolute atomic E-state index is 0.768. The average Bonchev–Trinajstić information content (AvgIpc) is 2.28. The van der Waals surface area contributed by atoms with Crippen LogP contribution in [0.4, 0.5) is 0 Å². The molecule has 96 valence electrons. The molecule has 1 nitrogen and oxygen atoms in total. The van der Waals surface area contributed by atoms with Gasteiger partial charge in [-0.3, -0.25) is 0 Å². The highest BCUT2D eigenvalue weighted by molar-refractivity contribution is 7.99. The van der Waals surface area contributed by atoms with Crippen molar-refractivity contribution >= 4 is 11.8 Å². The summed E-state index contributed by atoms with van der Waals surface area (Å²) in [4.78, 5) is 0. The third-order valence-corrected chi connectivity index (χ3v) is 4.95. The van der Waals surface area contributed by atoms with Gasteiger partial charge in [0.05, 0.1) is 0 Å². The zero-order valence-electron chi connectivity index (χ0n) is 11.3. The molecule has 0 spiro atoms. The molecule has 1 fully saturated rings. The Bertz CT molecular complexity index is 172. The molecule has 1 rings (SSSR count). The van der Waals surface area contributed by atoms with Gasteiger partial charge in [0.25, 0.3) is 0 Å². The van der Waals surface area contributed by atoms with E-state index >= 15 is 0 Å². The van der Waals surface area contributed by atoms with Crippen LogP contribution in [0, 0.1) is 11.8 Å². The van der Waals surface area contributed by atoms with Gasteiger partial charge in [-0.25, -0.2) is 0 Å². The van der Waals surface area contributed by atoms with E-state index in [0.29, 0.717) is 0 Å². The SMILES string of the molecule is CCCSCC(NCC)C1CCCC(C)C1. The van der Waals surface area contributed by atoms with Crippen LogP contribution in [-0.4, -0.2) is 24.1 Å². The van der Waals surface area contributed by atoms with Gasteiger partial charge in [-0.05, 0) is 43.4 Å². The third kappa shape index (κ3) is 5.09. The Kier molecular flexibility index (Phi) is 7.55. The molecule has 3 unspecified atom stereocenters. The molecule has 0 aromatic carbocycles. The molecular formula is C14H29NS. The molecule has 1 saturated carbocycles. The van der Waals surface area contributed by atoms with Crippen molar-refractivity contribution in [1.29, 1.82) is 0 Å². The minimum atomic E-state index is 0.768. The maximum atomic E-state index is 3.71. The summed E-state index contributed by atoms with van der Waals surface area (Å²) in [5.41, 5.74) is 0. The predicted molar refractivity (Wildman–Crippen MR) is 76.2 cm³/mol. The predicted octanol–water partition coefficient (Wildman–Crippen LogP) is 3.93. The van der Waals surface area contributed by atoms with Gasteiger partial charge in [0, 0.05) is 11.8 Å². The first-order valence-corrected chi connectivity index (χ1v) is 8.24. The molecule has 0 aromatic heterocycles. The quantitative estimate of drug-likeness (QED) is 0.680. The Morgan fingerprint density at radius 3 is 2.75 bits per heavy atom. The van der Waals surface area contributed by atoms with Crippen molar-refractivity contribution in [3.63, 3.8) is 0 Å². The molecule has 0 radical (unpaired) electrons. The summed E-state index contributed by atoms with van der Waals surface area (Å²) in [6.45, 7) is 8.07. The molecule has 16 heavy (non-hydrogen) atoms. The molecule has 0 aromatic rings. The Hall–Kier alpha value is 0.310. The summed E-state index contributed by atoms with van der Waals surface area (Å²) in [5.74, 6) is 4.53. The first kappa shape index (κ1) is 14.4. The van der Waals surface area contributed by atoms with Crippen LogP contribution in [0.25, 0.3) is 0 Å². The zero-order valence-corrected chi connectivity index (χ0v) is 12.1. The molecule has 0 amide bonds. The summed E-state index contributed by atoms with van der Waals surface area (Å²) in [6.07, 6.45) is 7.12. The van der Waals surface area contributed by atoms with Crippen LogP contribution in [-0.2, 0) is 0 Å². The summed E-state index contributed by atoms with van der Waals surface area (Å²) in [6, 6.07) is 0.768. The normalized spacial score (nSPS) is 27.9. The number of hydrogen-bond acceptors (Lipinski definition) is 2. The smallest absolute Gasteiger partial charge is 0.0186 e. The summed E-state index contributed by atoms with van der Waals surface area (Å²) < 4.78 is 0. The molecule has 2 heteroatoms. The van der Waals surface area contributed by atoms with E-state index in [0.717, 1.165) is 24.4 Å². The van der Waals surface area contributed by atoms with Crippen molar-refractivity contribution in [2.45, 2.75) is 58.9 Å². The van der Waals surface area contributed by atoms with Crippen molar-refractivity contribution in [3.8, 4) is 0 Å². The molecule has 1 aliphatic carbocycles. The van der Waals surface area contributed by atoms with Gasteiger partial charge in [-0.1, -0.05) is 33.6 Å². The van der Waals surface area contributed by atoms with Crippen molar-refractivity contribution < 1.29 is 0 Å². The summed E-state index contributed by atoms with van der Waals surface area (Å²) >= 11 is 2.13. The van der Waals surface area contributed by atoms with Gasteiger partial charge in [-0.2, -0.15) is 11.8 Å². The van der Waals surface area contributed by atoms with Crippen molar-refractivity contribution in [2.24, 2.45) is 11.8 Å². The highest BCUT2D eigenvalue weighted by atomic mass is 32.2. The Balaban J connectivity index is 2.34. The summed E-state index contributed by atoms with van der Waals surface area (Å²) in [5, 5.41) is 3.71. The van der Waals surface area contributed by atoms with Crippen LogP contribution in [0.15, 0.2) is 0 Å². The van der Waals surface area contributed by atoms with Crippen LogP contribution >= 0.6 is 11.8 Å². The first-order valence-electron chi connectivity index (χ1n) is 7.09. The Morgan fingerprint density at radius 1 is 1.31 bits per heavy atom. The fourth-order valence-electron chi connectivity index (χ4n) is 2.82.